The predicted octanol–water partition coefficient (Wildman–Crippen LogP) is 2.70. The summed E-state index contributed by atoms with van der Waals surface area (Å²) in [7, 11) is 0. The van der Waals surface area contributed by atoms with Crippen molar-refractivity contribution in [3.8, 4) is 0 Å². The Morgan fingerprint density at radius 2 is 1.86 bits per heavy atom. The molecule has 0 saturated carbocycles. The van der Waals surface area contributed by atoms with E-state index in [-0.39, 0.29) is 32.8 Å². The molecule has 1 aliphatic heterocycles. The van der Waals surface area contributed by atoms with Gasteiger partial charge in [-0.25, -0.2) is 13.8 Å². The van der Waals surface area contributed by atoms with E-state index in [4.69, 9.17) is 5.73 Å². The molecule has 0 bridgehead atoms. The number of nitrogens with zero attached hydrogens (tertiary/aromatic N) is 2. The van der Waals surface area contributed by atoms with E-state index >= 15 is 0 Å². The van der Waals surface area contributed by atoms with E-state index < -0.39 is 29.5 Å². The summed E-state index contributed by atoms with van der Waals surface area (Å²) < 4.78 is 27.1. The molecule has 8 nitrogen and oxygen atoms in total. The molecular formula is C26H29F2N5O3. The summed E-state index contributed by atoms with van der Waals surface area (Å²) in [5.41, 5.74) is 7.02. The van der Waals surface area contributed by atoms with Crippen LogP contribution in [0, 0.1) is 11.6 Å². The number of amides is 3. The summed E-state index contributed by atoms with van der Waals surface area (Å²) in [6.45, 7) is 0.487. The first-order valence-electron chi connectivity index (χ1n) is 11.2. The number of hydrogen-bond donors (Lipinski definition) is 3. The fourth-order valence-corrected chi connectivity index (χ4v) is 4.07. The molecule has 1 fully saturated rings. The molecule has 1 atom stereocenters. The smallest absolute Gasteiger partial charge is 0.243 e. The highest BCUT2D eigenvalue weighted by molar-refractivity contribution is 5.92. The molecule has 1 aromatic heterocycles. The van der Waals surface area contributed by atoms with Gasteiger partial charge in [-0.3, -0.25) is 14.4 Å². The number of likely N-dealkylation sites (tertiary alicyclic amines) is 1. The number of rotatable bonds is 8. The van der Waals surface area contributed by atoms with Crippen LogP contribution in [0.4, 0.5) is 14.6 Å². The highest BCUT2D eigenvalue weighted by atomic mass is 19.2. The third-order valence-electron chi connectivity index (χ3n) is 5.91. The highest BCUT2D eigenvalue weighted by Crippen LogP contribution is 2.20. The molecule has 36 heavy (non-hydrogen) atoms. The molecular weight excluding hydrogens is 468 g/mol. The third kappa shape index (κ3) is 6.32. The molecule has 4 rings (SSSR count). The normalized spacial score (nSPS) is 13.8. The zero-order valence-corrected chi connectivity index (χ0v) is 18.9. The third-order valence-corrected chi connectivity index (χ3v) is 5.91. The lowest BCUT2D eigenvalue weighted by Crippen LogP contribution is -2.50. The van der Waals surface area contributed by atoms with Gasteiger partial charge in [0.1, 0.15) is 11.9 Å². The number of hydrogen-bond acceptors (Lipinski definition) is 5. The van der Waals surface area contributed by atoms with Gasteiger partial charge in [-0.05, 0) is 47.2 Å². The predicted molar refractivity (Wildman–Crippen MR) is 133 cm³/mol. The summed E-state index contributed by atoms with van der Waals surface area (Å²) in [5.74, 6) is -2.75. The standard InChI is InChI=1S/C25H25F2N5O3.CH4/c26-19-6-4-15(11-20(19)27)12-21(31-22(33)14-32-9-1-2-23(32)34)25(35)30-13-16-3-5-18-17(10-16)7-8-29-24(18)28;/h3-8,10-11,21H,1-2,9,12-14H2,(H2,28,29)(H,30,35)(H,31,33);1H4/t21-;/m0./s1. The van der Waals surface area contributed by atoms with Crippen molar-refractivity contribution >= 4 is 34.3 Å². The van der Waals surface area contributed by atoms with Crippen LogP contribution < -0.4 is 16.4 Å². The average Bonchev–Trinajstić information content (AvgIpc) is 3.23. The number of pyridine rings is 1. The van der Waals surface area contributed by atoms with Gasteiger partial charge in [0.2, 0.25) is 17.7 Å². The van der Waals surface area contributed by atoms with Crippen molar-refractivity contribution in [3.05, 3.63) is 71.4 Å². The number of benzene rings is 2. The summed E-state index contributed by atoms with van der Waals surface area (Å²) in [6.07, 6.45) is 2.61. The molecule has 2 aromatic carbocycles. The second-order valence-corrected chi connectivity index (χ2v) is 8.46. The lowest BCUT2D eigenvalue weighted by atomic mass is 10.0. The van der Waals surface area contributed by atoms with Crippen LogP contribution in [0.1, 0.15) is 31.4 Å². The maximum absolute atomic E-state index is 13.7. The summed E-state index contributed by atoms with van der Waals surface area (Å²) in [6, 6.07) is 9.57. The molecule has 1 aliphatic rings. The van der Waals surface area contributed by atoms with Crippen molar-refractivity contribution in [2.45, 2.75) is 39.3 Å². The van der Waals surface area contributed by atoms with Crippen molar-refractivity contribution in [2.24, 2.45) is 0 Å². The molecule has 0 spiro atoms. The van der Waals surface area contributed by atoms with Crippen LogP contribution >= 0.6 is 0 Å². The number of nitrogens with one attached hydrogen (secondary N) is 2. The van der Waals surface area contributed by atoms with Gasteiger partial charge in [-0.2, -0.15) is 0 Å². The molecule has 2 heterocycles. The number of aromatic nitrogens is 1. The maximum Gasteiger partial charge on any atom is 0.243 e. The molecule has 3 aromatic rings. The molecule has 3 amide bonds. The van der Waals surface area contributed by atoms with Gasteiger partial charge < -0.3 is 21.3 Å². The van der Waals surface area contributed by atoms with Crippen molar-refractivity contribution in [3.63, 3.8) is 0 Å². The van der Waals surface area contributed by atoms with Gasteiger partial charge in [0.25, 0.3) is 0 Å². The molecule has 0 radical (unpaired) electrons. The van der Waals surface area contributed by atoms with Gasteiger partial charge in [0.15, 0.2) is 11.6 Å². The minimum atomic E-state index is -1.05. The first kappa shape index (κ1) is 26.5. The van der Waals surface area contributed by atoms with Crippen molar-refractivity contribution < 1.29 is 23.2 Å². The quantitative estimate of drug-likeness (QED) is 0.442. The van der Waals surface area contributed by atoms with Crippen LogP contribution in [0.25, 0.3) is 10.8 Å². The van der Waals surface area contributed by atoms with E-state index in [1.165, 1.54) is 11.0 Å². The SMILES string of the molecule is C.Nc1nccc2cc(CNC(=O)[C@H](Cc3ccc(F)c(F)c3)NC(=O)CN3CCCC3=O)ccc12. The first-order valence-corrected chi connectivity index (χ1v) is 11.2. The lowest BCUT2D eigenvalue weighted by molar-refractivity contribution is -0.134. The van der Waals surface area contributed by atoms with E-state index in [1.54, 1.807) is 6.20 Å². The van der Waals surface area contributed by atoms with Crippen LogP contribution in [0.2, 0.25) is 0 Å². The van der Waals surface area contributed by atoms with Gasteiger partial charge in [0.05, 0.1) is 6.54 Å². The number of carbonyl (C=O) groups is 3. The molecule has 4 N–H and O–H groups in total. The second kappa shape index (κ2) is 11.6. The monoisotopic (exact) mass is 497 g/mol. The van der Waals surface area contributed by atoms with Gasteiger partial charge in [0, 0.05) is 37.5 Å². The Hall–Kier alpha value is -4.08. The zero-order chi connectivity index (χ0) is 24.9. The number of anilines is 1. The van der Waals surface area contributed by atoms with Crippen LogP contribution in [0.3, 0.4) is 0 Å². The second-order valence-electron chi connectivity index (χ2n) is 8.46. The zero-order valence-electron chi connectivity index (χ0n) is 18.9. The van der Waals surface area contributed by atoms with Crippen LogP contribution in [0.15, 0.2) is 48.7 Å². The molecule has 1 saturated heterocycles. The largest absolute Gasteiger partial charge is 0.383 e. The van der Waals surface area contributed by atoms with Crippen molar-refractivity contribution in [1.29, 1.82) is 0 Å². The Morgan fingerprint density at radius 1 is 1.08 bits per heavy atom. The molecule has 0 aliphatic carbocycles. The van der Waals surface area contributed by atoms with Gasteiger partial charge in [-0.1, -0.05) is 25.6 Å². The summed E-state index contributed by atoms with van der Waals surface area (Å²) in [5, 5.41) is 7.08. The molecule has 10 heteroatoms. The minimum Gasteiger partial charge on any atom is -0.383 e. The fourth-order valence-electron chi connectivity index (χ4n) is 4.07. The summed E-state index contributed by atoms with van der Waals surface area (Å²) in [4.78, 5) is 42.9. The number of fused-ring (bicyclic) bond motifs is 1. The van der Waals surface area contributed by atoms with Crippen LogP contribution in [-0.2, 0) is 27.3 Å². The van der Waals surface area contributed by atoms with Crippen LogP contribution in [0.5, 0.6) is 0 Å². The Morgan fingerprint density at radius 3 is 2.58 bits per heavy atom. The summed E-state index contributed by atoms with van der Waals surface area (Å²) >= 11 is 0. The van der Waals surface area contributed by atoms with E-state index in [0.717, 1.165) is 28.5 Å². The Kier molecular flexibility index (Phi) is 8.52. The van der Waals surface area contributed by atoms with E-state index in [0.29, 0.717) is 30.8 Å². The average molecular weight is 498 g/mol. The van der Waals surface area contributed by atoms with Crippen molar-refractivity contribution in [1.82, 2.24) is 20.5 Å². The molecule has 190 valence electrons. The Labute approximate surface area is 207 Å². The first-order chi connectivity index (χ1) is 16.8. The van der Waals surface area contributed by atoms with Crippen molar-refractivity contribution in [2.75, 3.05) is 18.8 Å². The number of nitrogens with two attached hydrogens (primary N) is 1. The maximum atomic E-state index is 13.7. The van der Waals surface area contributed by atoms with E-state index in [1.807, 2.05) is 24.3 Å². The van der Waals surface area contributed by atoms with Gasteiger partial charge >= 0.3 is 0 Å². The number of carbonyl (C=O) groups excluding carboxylic acids is 3. The van der Waals surface area contributed by atoms with E-state index in [9.17, 15) is 23.2 Å². The number of halogens is 2. The Bertz CT molecular complexity index is 1280. The fraction of sp³-hybridized carbons (Fsp3) is 0.308. The lowest BCUT2D eigenvalue weighted by Gasteiger charge is -2.21. The molecule has 0 unspecified atom stereocenters. The van der Waals surface area contributed by atoms with Gasteiger partial charge in [-0.15, -0.1) is 0 Å². The highest BCUT2D eigenvalue weighted by Gasteiger charge is 2.26. The Balaban J connectivity index is 0.00000361. The topological polar surface area (TPSA) is 117 Å². The van der Waals surface area contributed by atoms with Crippen LogP contribution in [-0.4, -0.2) is 46.7 Å². The number of nitrogen functional groups attached to an aromatic ring is 1. The minimum absolute atomic E-state index is 0. The van der Waals surface area contributed by atoms with E-state index in [2.05, 4.69) is 15.6 Å².